The second-order valence-corrected chi connectivity index (χ2v) is 5.11. The lowest BCUT2D eigenvalue weighted by molar-refractivity contribution is -0.0529. The molecule has 0 fully saturated rings. The first-order valence-electron chi connectivity index (χ1n) is 8.02. The van der Waals surface area contributed by atoms with Crippen LogP contribution >= 0.6 is 0 Å². The maximum Gasteiger partial charge on any atom is 0.387 e. The number of alkyl halides is 2. The van der Waals surface area contributed by atoms with Crippen LogP contribution in [0.4, 0.5) is 13.2 Å². The van der Waals surface area contributed by atoms with Crippen molar-refractivity contribution in [3.8, 4) is 11.8 Å². The van der Waals surface area contributed by atoms with E-state index in [9.17, 15) is 28.3 Å². The predicted molar refractivity (Wildman–Crippen MR) is 71.5 cm³/mol. The normalized spacial score (nSPS) is 25.4. The Morgan fingerprint density at radius 2 is 2.30 bits per heavy atom. The molecule has 1 aromatic rings. The van der Waals surface area contributed by atoms with E-state index in [1.54, 1.807) is 6.07 Å². The number of likely N-dealkylation sites (N-methyl/N-ethyl adjacent to an activating group) is 1. The highest BCUT2D eigenvalue weighted by Crippen LogP contribution is 2.48. The van der Waals surface area contributed by atoms with Gasteiger partial charge in [-0.25, -0.2) is 4.39 Å². The molecule has 2 aliphatic rings. The van der Waals surface area contributed by atoms with Crippen LogP contribution in [0.5, 0.6) is 5.75 Å². The SMILES string of the molecule is [2H]C([2H])([2H])N1C(=O)c2ccc(F)c(OC(F)F)c2[C@H]2C[C@@H]1C(O)=C2C#N. The highest BCUT2D eigenvalue weighted by atomic mass is 19.3. The first-order chi connectivity index (χ1) is 12.1. The van der Waals surface area contributed by atoms with Gasteiger partial charge in [0.15, 0.2) is 11.6 Å². The molecule has 1 N–H and O–H groups in total. The molecule has 23 heavy (non-hydrogen) atoms. The summed E-state index contributed by atoms with van der Waals surface area (Å²) in [5.74, 6) is -5.04. The fourth-order valence-electron chi connectivity index (χ4n) is 3.02. The number of carbonyl (C=O) groups is 1. The molecule has 8 heteroatoms. The van der Waals surface area contributed by atoms with Gasteiger partial charge in [-0.3, -0.25) is 4.79 Å². The molecule has 1 aliphatic heterocycles. The molecule has 0 aromatic heterocycles. The molecule has 0 radical (unpaired) electrons. The quantitative estimate of drug-likeness (QED) is 0.906. The molecular formula is C15H11F3N2O3. The van der Waals surface area contributed by atoms with Crippen molar-refractivity contribution in [2.24, 2.45) is 0 Å². The molecule has 120 valence electrons. The highest BCUT2D eigenvalue weighted by molar-refractivity contribution is 5.98. The van der Waals surface area contributed by atoms with Gasteiger partial charge in [-0.2, -0.15) is 14.0 Å². The summed E-state index contributed by atoms with van der Waals surface area (Å²) in [6.07, 6.45) is -0.269. The van der Waals surface area contributed by atoms with Crippen LogP contribution in [0.2, 0.25) is 0 Å². The third kappa shape index (κ3) is 2.11. The Balaban J connectivity index is 2.34. The maximum atomic E-state index is 14.1. The van der Waals surface area contributed by atoms with E-state index in [4.69, 9.17) is 4.11 Å². The summed E-state index contributed by atoms with van der Waals surface area (Å²) >= 11 is 0. The third-order valence-electron chi connectivity index (χ3n) is 3.98. The van der Waals surface area contributed by atoms with Gasteiger partial charge < -0.3 is 14.7 Å². The Morgan fingerprint density at radius 3 is 2.91 bits per heavy atom. The van der Waals surface area contributed by atoms with Crippen LogP contribution in [-0.4, -0.2) is 35.5 Å². The van der Waals surface area contributed by atoms with Gasteiger partial charge in [0.25, 0.3) is 5.91 Å². The van der Waals surface area contributed by atoms with E-state index in [1.807, 2.05) is 0 Å². The number of amides is 1. The van der Waals surface area contributed by atoms with Crippen molar-refractivity contribution in [3.63, 3.8) is 0 Å². The van der Waals surface area contributed by atoms with Crippen molar-refractivity contribution in [1.29, 1.82) is 5.26 Å². The molecule has 0 unspecified atom stereocenters. The van der Waals surface area contributed by atoms with Crippen LogP contribution in [0.3, 0.4) is 0 Å². The summed E-state index contributed by atoms with van der Waals surface area (Å²) < 4.78 is 66.5. The predicted octanol–water partition coefficient (Wildman–Crippen LogP) is 2.70. The van der Waals surface area contributed by atoms with Gasteiger partial charge in [0.05, 0.1) is 17.7 Å². The summed E-state index contributed by atoms with van der Waals surface area (Å²) in [7, 11) is 0. The summed E-state index contributed by atoms with van der Waals surface area (Å²) in [4.78, 5) is 13.1. The fraction of sp³-hybridized carbons (Fsp3) is 0.333. The lowest BCUT2D eigenvalue weighted by Crippen LogP contribution is -2.36. The zero-order valence-electron chi connectivity index (χ0n) is 14.4. The number of rotatable bonds is 2. The number of hydrogen-bond donors (Lipinski definition) is 1. The van der Waals surface area contributed by atoms with Gasteiger partial charge in [-0.05, 0) is 18.6 Å². The van der Waals surface area contributed by atoms with E-state index in [0.717, 1.165) is 6.07 Å². The highest BCUT2D eigenvalue weighted by Gasteiger charge is 2.45. The number of ether oxygens (including phenoxy) is 1. The molecule has 5 nitrogen and oxygen atoms in total. The second-order valence-electron chi connectivity index (χ2n) is 5.11. The molecule has 2 bridgehead atoms. The van der Waals surface area contributed by atoms with Gasteiger partial charge in [0.2, 0.25) is 0 Å². The zero-order chi connectivity index (χ0) is 19.4. The zero-order valence-corrected chi connectivity index (χ0v) is 11.4. The number of halogens is 3. The van der Waals surface area contributed by atoms with Crippen LogP contribution in [0.15, 0.2) is 23.5 Å². The number of aliphatic hydroxyl groups is 1. The molecule has 0 saturated carbocycles. The molecule has 1 aliphatic carbocycles. The van der Waals surface area contributed by atoms with Gasteiger partial charge >= 0.3 is 6.61 Å². The number of aliphatic hydroxyl groups excluding tert-OH is 1. The topological polar surface area (TPSA) is 73.6 Å². The van der Waals surface area contributed by atoms with Crippen LogP contribution in [-0.2, 0) is 0 Å². The van der Waals surface area contributed by atoms with Crippen molar-refractivity contribution in [2.75, 3.05) is 6.98 Å². The van der Waals surface area contributed by atoms with Crippen molar-refractivity contribution in [3.05, 3.63) is 40.4 Å². The number of nitrogens with zero attached hydrogens (tertiary/aromatic N) is 2. The Labute approximate surface area is 133 Å². The number of benzene rings is 1. The van der Waals surface area contributed by atoms with E-state index in [2.05, 4.69) is 4.74 Å². The molecule has 2 atom stereocenters. The standard InChI is InChI=1S/C15H11F3N2O3/c1-20-10-4-7(8(5-19)12(10)21)11-6(14(20)22)2-3-9(16)13(11)23-15(17)18/h2-3,7,10,15,21H,4H2,1H3/t7-,10+/m0/s1/i1D3. The average Bonchev–Trinajstić information content (AvgIpc) is 2.75. The van der Waals surface area contributed by atoms with Crippen molar-refractivity contribution in [2.45, 2.75) is 25.0 Å². The summed E-state index contributed by atoms with van der Waals surface area (Å²) in [5.41, 5.74) is -1.05. The van der Waals surface area contributed by atoms with E-state index in [1.165, 1.54) is 0 Å². The number of allylic oxidation sites excluding steroid dienone is 1. The first kappa shape index (κ1) is 11.8. The molecular weight excluding hydrogens is 313 g/mol. The first-order valence-corrected chi connectivity index (χ1v) is 6.52. The van der Waals surface area contributed by atoms with E-state index in [0.29, 0.717) is 11.0 Å². The van der Waals surface area contributed by atoms with E-state index < -0.39 is 48.8 Å². The van der Waals surface area contributed by atoms with Crippen molar-refractivity contribution in [1.82, 2.24) is 4.90 Å². The third-order valence-corrected chi connectivity index (χ3v) is 3.98. The van der Waals surface area contributed by atoms with Gasteiger partial charge in [0, 0.05) is 28.1 Å². The van der Waals surface area contributed by atoms with Crippen LogP contribution in [0.1, 0.15) is 32.4 Å². The van der Waals surface area contributed by atoms with Crippen molar-refractivity contribution < 1.29 is 31.9 Å². The van der Waals surface area contributed by atoms with Gasteiger partial charge in [-0.15, -0.1) is 0 Å². The fourth-order valence-corrected chi connectivity index (χ4v) is 3.02. The monoisotopic (exact) mass is 327 g/mol. The van der Waals surface area contributed by atoms with Gasteiger partial charge in [0.1, 0.15) is 5.76 Å². The Hall–Kier alpha value is -2.69. The minimum absolute atomic E-state index is 0.269. The minimum atomic E-state index is -3.41. The molecule has 0 saturated heterocycles. The Bertz CT molecular complexity index is 864. The molecule has 0 spiro atoms. The second kappa shape index (κ2) is 5.19. The molecule has 1 aromatic carbocycles. The van der Waals surface area contributed by atoms with E-state index >= 15 is 0 Å². The smallest absolute Gasteiger partial charge is 0.387 e. The minimum Gasteiger partial charge on any atom is -0.509 e. The van der Waals surface area contributed by atoms with Gasteiger partial charge in [-0.1, -0.05) is 0 Å². The summed E-state index contributed by atoms with van der Waals surface area (Å²) in [6.45, 7) is -6.39. The summed E-state index contributed by atoms with van der Waals surface area (Å²) in [6, 6.07) is 1.99. The average molecular weight is 327 g/mol. The Morgan fingerprint density at radius 1 is 1.57 bits per heavy atom. The van der Waals surface area contributed by atoms with Crippen molar-refractivity contribution >= 4 is 5.91 Å². The van der Waals surface area contributed by atoms with Crippen LogP contribution in [0.25, 0.3) is 0 Å². The number of carbonyl (C=O) groups excluding carboxylic acids is 1. The number of nitriles is 1. The van der Waals surface area contributed by atoms with E-state index in [-0.39, 0.29) is 23.1 Å². The molecule has 3 rings (SSSR count). The van der Waals surface area contributed by atoms with Crippen LogP contribution in [0, 0.1) is 17.1 Å². The largest absolute Gasteiger partial charge is 0.509 e. The lowest BCUT2D eigenvalue weighted by atomic mass is 9.88. The maximum absolute atomic E-state index is 14.1. The molecule has 1 heterocycles. The number of fused-ring (bicyclic) bond motifs is 4. The van der Waals surface area contributed by atoms with Crippen LogP contribution < -0.4 is 4.74 Å². The molecule has 1 amide bonds. The Kier molecular flexibility index (Phi) is 2.67. The lowest BCUT2D eigenvalue weighted by Gasteiger charge is -2.24. The number of hydrogen-bond acceptors (Lipinski definition) is 4. The summed E-state index contributed by atoms with van der Waals surface area (Å²) in [5, 5.41) is 19.5.